The summed E-state index contributed by atoms with van der Waals surface area (Å²) in [4.78, 5) is 52.8. The maximum atomic E-state index is 13.1. The first-order valence-electron chi connectivity index (χ1n) is 27.8. The minimum atomic E-state index is -0.766. The standard InChI is InChI=1S/C28H32N2O4.C26H28N2O4.H2O13.H2S13/c1-2-33-27(32)22-11-17-30(18-12-22)26(31)21-9-7-20(8-10-21)24-19-28(13-15-29-16-14-28)34-25-6-4-3-5-23(24)25;29-24(28-15-9-20(10-16-28)25(30)31)19-7-5-18(6-8-19)22-17-26(11-13-27-14-12-26)32-23-4-2-1-3-21(22)23;2*1-3-5-7-9-11-13-12-10-8-6-4-2/h3-10,19,22,29H,2,11-18H2,1H3;1-8,17,20,27H,9-16H2,(H,30,31);2*1-2H. The Balaban J connectivity index is 0.000000191. The summed E-state index contributed by atoms with van der Waals surface area (Å²) in [5, 5.41) is 66.5. The number of carboxylic acid groups (broad SMARTS) is 1. The molecular weight excluding hydrogens is 1460 g/mol. The molecule has 504 valence electrons. The molecule has 2 amide bonds. The number of hydrogen-bond acceptors (Lipinski definition) is 35. The van der Waals surface area contributed by atoms with Crippen molar-refractivity contribution in [1.29, 1.82) is 0 Å². The summed E-state index contributed by atoms with van der Waals surface area (Å²) in [6.45, 7) is 8.09. The number of hydrogen-bond donors (Lipinski definition) is 7. The second-order valence-corrected chi connectivity index (χ2v) is 39.6. The Bertz CT molecular complexity index is 2910. The second-order valence-electron chi connectivity index (χ2n) is 19.8. The van der Waals surface area contributed by atoms with Gasteiger partial charge in [0.25, 0.3) is 11.8 Å². The van der Waals surface area contributed by atoms with Gasteiger partial charge in [0.05, 0.1) is 18.4 Å². The topological polar surface area (TPSA) is 289 Å². The second kappa shape index (κ2) is 43.2. The van der Waals surface area contributed by atoms with E-state index in [1.54, 1.807) is 93.3 Å². The van der Waals surface area contributed by atoms with Crippen LogP contribution in [0.15, 0.2) is 109 Å². The number of nitrogens with zero attached hydrogens (tertiary/aromatic N) is 2. The van der Waals surface area contributed by atoms with Crippen molar-refractivity contribution in [2.24, 2.45) is 11.8 Å². The number of likely N-dealkylation sites (tertiary alicyclic amines) is 2. The molecule has 6 heterocycles. The molecule has 6 aliphatic heterocycles. The molecule has 5 N–H and O–H groups in total. The lowest BCUT2D eigenvalue weighted by Gasteiger charge is -2.40. The number of rotatable bonds is 27. The van der Waals surface area contributed by atoms with Crippen molar-refractivity contribution in [3.8, 4) is 11.5 Å². The maximum absolute atomic E-state index is 13.1. The summed E-state index contributed by atoms with van der Waals surface area (Å²) in [6, 6.07) is 32.1. The molecule has 4 aromatic rings. The van der Waals surface area contributed by atoms with Crippen LogP contribution in [0, 0.1) is 11.8 Å². The van der Waals surface area contributed by atoms with Gasteiger partial charge in [0.2, 0.25) is 0 Å². The van der Waals surface area contributed by atoms with Gasteiger partial charge < -0.3 is 39.8 Å². The average Bonchev–Trinajstić information content (AvgIpc) is 0.846. The van der Waals surface area contributed by atoms with Crippen LogP contribution in [0.4, 0.5) is 0 Å². The Morgan fingerprint density at radius 2 is 0.859 bits per heavy atom. The summed E-state index contributed by atoms with van der Waals surface area (Å²) in [6.07, 6.45) is 10.6. The number of esters is 1. The van der Waals surface area contributed by atoms with E-state index in [9.17, 15) is 24.3 Å². The monoisotopic (exact) mass is 1520 g/mol. The van der Waals surface area contributed by atoms with Crippen LogP contribution in [-0.4, -0.2) is 119 Å². The highest BCUT2D eigenvalue weighted by atomic mass is 34.0. The van der Waals surface area contributed by atoms with E-state index in [0.717, 1.165) is 96.8 Å². The van der Waals surface area contributed by atoms with E-state index in [0.29, 0.717) is 69.6 Å². The number of thiol groups is 2. The van der Waals surface area contributed by atoms with E-state index in [-0.39, 0.29) is 40.8 Å². The zero-order valence-corrected chi connectivity index (χ0v) is 59.3. The molecule has 0 saturated carbocycles. The SMILES string of the molecule is CCOC(=O)C1CCN(C(=O)c2ccc(C3=CC4(CCNCC4)Oc4ccccc43)cc2)CC1.O=C(O)C1CCN(C(=O)c2ccc(C3=CC4(CCNCC4)Oc4ccccc43)cc2)CC1.OOOOOOOOOOOOO.SSSSSSSSSSSSS. The predicted molar refractivity (Wildman–Crippen MR) is 371 cm³/mol. The number of carbonyl (C=O) groups is 4. The van der Waals surface area contributed by atoms with Crippen LogP contribution in [0.25, 0.3) is 11.1 Å². The van der Waals surface area contributed by atoms with E-state index in [4.69, 9.17) is 24.7 Å². The molecule has 10 rings (SSSR count). The van der Waals surface area contributed by atoms with Crippen LogP contribution in [0.3, 0.4) is 0 Å². The zero-order chi connectivity index (χ0) is 65.2. The lowest BCUT2D eigenvalue weighted by atomic mass is 9.83. The van der Waals surface area contributed by atoms with Gasteiger partial charge in [-0.25, -0.2) is 10.5 Å². The molecule has 0 aromatic heterocycles. The summed E-state index contributed by atoms with van der Waals surface area (Å²) < 4.78 is 18.1. The molecule has 38 heteroatoms. The highest BCUT2D eigenvalue weighted by Crippen LogP contribution is 2.61. The fourth-order valence-corrected chi connectivity index (χ4v) is 35.7. The van der Waals surface area contributed by atoms with Crippen molar-refractivity contribution in [1.82, 2.24) is 20.4 Å². The third-order valence-electron chi connectivity index (χ3n) is 14.7. The first-order chi connectivity index (χ1) is 45.0. The third kappa shape index (κ3) is 25.0. The number of ether oxygens (including phenoxy) is 3. The molecule has 92 heavy (non-hydrogen) atoms. The minimum Gasteiger partial charge on any atom is -0.482 e. The Morgan fingerprint density at radius 3 is 1.21 bits per heavy atom. The molecule has 0 aliphatic carbocycles. The predicted octanol–water partition coefficient (Wildman–Crippen LogP) is 14.8. The summed E-state index contributed by atoms with van der Waals surface area (Å²) >= 11 is 8.01. The van der Waals surface area contributed by atoms with Gasteiger partial charge in [-0.2, -0.15) is 0 Å². The first kappa shape index (κ1) is 77.1. The fraction of sp³-hybridized carbons (Fsp3) is 0.407. The first-order valence-corrected chi connectivity index (χ1v) is 44.1. The van der Waals surface area contributed by atoms with E-state index >= 15 is 0 Å². The van der Waals surface area contributed by atoms with Crippen molar-refractivity contribution < 1.29 is 104 Å². The highest BCUT2D eigenvalue weighted by Gasteiger charge is 2.39. The van der Waals surface area contributed by atoms with Crippen LogP contribution in [-0.2, 0) is 69.7 Å². The largest absolute Gasteiger partial charge is 0.482 e. The van der Waals surface area contributed by atoms with E-state index in [1.807, 2.05) is 96.8 Å². The molecule has 0 atom stereocenters. The van der Waals surface area contributed by atoms with Crippen LogP contribution < -0.4 is 20.1 Å². The number of carbonyl (C=O) groups excluding carboxylic acids is 3. The van der Waals surface area contributed by atoms with Gasteiger partial charge in [0, 0.05) is 74.1 Å². The summed E-state index contributed by atoms with van der Waals surface area (Å²) in [5.74, 6) is 0.466. The van der Waals surface area contributed by atoms with Crippen molar-refractivity contribution in [3.05, 3.63) is 143 Å². The Morgan fingerprint density at radius 1 is 0.511 bits per heavy atom. The lowest BCUT2D eigenvalue weighted by molar-refractivity contribution is -0.869. The van der Waals surface area contributed by atoms with E-state index in [2.05, 4.69) is 114 Å². The molecule has 2 spiro atoms. The van der Waals surface area contributed by atoms with E-state index < -0.39 is 5.97 Å². The number of aliphatic carboxylic acids is 1. The molecule has 4 fully saturated rings. The Labute approximate surface area is 580 Å². The third-order valence-corrected chi connectivity index (χ3v) is 37.3. The fourth-order valence-electron chi connectivity index (χ4n) is 10.5. The number of fused-ring (bicyclic) bond motifs is 2. The lowest BCUT2D eigenvalue weighted by Crippen LogP contribution is -2.46. The van der Waals surface area contributed by atoms with Crippen LogP contribution in [0.2, 0.25) is 0 Å². The molecule has 4 aromatic carbocycles. The molecule has 0 radical (unpaired) electrons. The van der Waals surface area contributed by atoms with Gasteiger partial charge in [-0.05, 0) is 293 Å². The van der Waals surface area contributed by atoms with Gasteiger partial charge in [0.15, 0.2) is 0 Å². The summed E-state index contributed by atoms with van der Waals surface area (Å²) in [5.41, 5.74) is 7.37. The number of benzene rings is 4. The zero-order valence-electron chi connectivity index (χ0n) is 48.5. The van der Waals surface area contributed by atoms with Gasteiger partial charge in [0.1, 0.15) is 22.7 Å². The van der Waals surface area contributed by atoms with Crippen molar-refractivity contribution in [2.75, 3.05) is 59.0 Å². The van der Waals surface area contributed by atoms with Crippen molar-refractivity contribution in [2.45, 2.75) is 69.5 Å². The Hall–Kier alpha value is -2.21. The number of amides is 2. The van der Waals surface area contributed by atoms with Crippen LogP contribution in [0.1, 0.15) is 101 Å². The molecule has 25 nitrogen and oxygen atoms in total. The number of para-hydroxylation sites is 2. The number of piperidine rings is 4. The van der Waals surface area contributed by atoms with Crippen molar-refractivity contribution in [3.63, 3.8) is 0 Å². The van der Waals surface area contributed by atoms with E-state index in [1.165, 1.54) is 19.7 Å². The van der Waals surface area contributed by atoms with Gasteiger partial charge in [-0.1, -0.05) is 84.0 Å². The number of nitrogens with one attached hydrogen (secondary N) is 2. The average molecular weight is 1520 g/mol. The summed E-state index contributed by atoms with van der Waals surface area (Å²) in [7, 11) is 18.6. The molecule has 0 unspecified atom stereocenters. The molecule has 4 saturated heterocycles. The maximum Gasteiger partial charge on any atom is 0.309 e. The van der Waals surface area contributed by atoms with Crippen LogP contribution in [0.5, 0.6) is 11.5 Å². The van der Waals surface area contributed by atoms with Crippen LogP contribution >= 0.6 is 131 Å². The normalized spacial score (nSPS) is 17.3. The Kier molecular flexibility index (Phi) is 36.3. The van der Waals surface area contributed by atoms with Gasteiger partial charge >= 0.3 is 11.9 Å². The quantitative estimate of drug-likeness (QED) is 0.00729. The number of carboxylic acids is 1. The van der Waals surface area contributed by atoms with Crippen molar-refractivity contribution >= 4 is 166 Å². The molecule has 6 aliphatic rings. The van der Waals surface area contributed by atoms with Gasteiger partial charge in [-0.3, -0.25) is 19.2 Å². The molecular formula is C54H64N4O21S13. The minimum absolute atomic E-state index is 0.0186. The van der Waals surface area contributed by atoms with Gasteiger partial charge in [-0.15, -0.1) is 0 Å². The smallest absolute Gasteiger partial charge is 0.309 e. The molecule has 0 bridgehead atoms. The highest BCUT2D eigenvalue weighted by molar-refractivity contribution is 9.55.